The number of nitrogens with zero attached hydrogens (tertiary/aromatic N) is 1. The van der Waals surface area contributed by atoms with Crippen molar-refractivity contribution in [3.63, 3.8) is 0 Å². The van der Waals surface area contributed by atoms with E-state index in [4.69, 9.17) is 14.2 Å². The zero-order valence-electron chi connectivity index (χ0n) is 18.3. The number of hydrogen-bond acceptors (Lipinski definition) is 6. The number of hydrogen-bond donors (Lipinski definition) is 1. The maximum Gasteiger partial charge on any atom is 0.294 e. The van der Waals surface area contributed by atoms with E-state index in [9.17, 15) is 14.7 Å². The van der Waals surface area contributed by atoms with Crippen molar-refractivity contribution in [1.29, 1.82) is 0 Å². The summed E-state index contributed by atoms with van der Waals surface area (Å²) < 4.78 is 16.3. The second-order valence-electron chi connectivity index (χ2n) is 7.40. The molecule has 3 rings (SSSR count). The van der Waals surface area contributed by atoms with Crippen LogP contribution in [-0.2, 0) is 9.59 Å². The maximum absolute atomic E-state index is 13.1. The third kappa shape index (κ3) is 4.08. The fourth-order valence-electron chi connectivity index (χ4n) is 3.66. The third-order valence-corrected chi connectivity index (χ3v) is 5.13. The lowest BCUT2D eigenvalue weighted by Gasteiger charge is -2.28. The van der Waals surface area contributed by atoms with E-state index in [-0.39, 0.29) is 11.4 Å². The van der Waals surface area contributed by atoms with Gasteiger partial charge in [-0.3, -0.25) is 14.5 Å². The van der Waals surface area contributed by atoms with Crippen LogP contribution >= 0.6 is 0 Å². The van der Waals surface area contributed by atoms with E-state index in [1.807, 2.05) is 6.92 Å². The number of aliphatic hydroxyl groups excluding tert-OH is 1. The number of carbonyl (C=O) groups excluding carboxylic acids is 2. The second kappa shape index (κ2) is 9.12. The van der Waals surface area contributed by atoms with E-state index in [0.717, 1.165) is 0 Å². The molecule has 0 bridgehead atoms. The lowest BCUT2D eigenvalue weighted by atomic mass is 9.91. The van der Waals surface area contributed by atoms with Crippen molar-refractivity contribution in [2.24, 2.45) is 5.92 Å². The van der Waals surface area contributed by atoms with E-state index in [0.29, 0.717) is 35.1 Å². The second-order valence-corrected chi connectivity index (χ2v) is 7.40. The molecule has 2 aromatic carbocycles. The highest BCUT2D eigenvalue weighted by molar-refractivity contribution is 6.16. The van der Waals surface area contributed by atoms with E-state index in [2.05, 4.69) is 0 Å². The highest BCUT2D eigenvalue weighted by Gasteiger charge is 2.45. The minimum atomic E-state index is -0.820. The highest BCUT2D eigenvalue weighted by Crippen LogP contribution is 2.44. The van der Waals surface area contributed by atoms with Gasteiger partial charge in [-0.1, -0.05) is 26.0 Å². The Balaban J connectivity index is 2.20. The summed E-state index contributed by atoms with van der Waals surface area (Å²) in [5, 5.41) is 10.7. The number of aliphatic hydroxyl groups is 1. The third-order valence-electron chi connectivity index (χ3n) is 5.13. The summed E-state index contributed by atoms with van der Waals surface area (Å²) in [5.74, 6) is -0.320. The molecule has 7 nitrogen and oxygen atoms in total. The van der Waals surface area contributed by atoms with Gasteiger partial charge in [0.25, 0.3) is 5.91 Å². The molecule has 31 heavy (non-hydrogen) atoms. The summed E-state index contributed by atoms with van der Waals surface area (Å²) in [5.41, 5.74) is 1.18. The first-order chi connectivity index (χ1) is 14.8. The highest BCUT2D eigenvalue weighted by atomic mass is 16.5. The summed E-state index contributed by atoms with van der Waals surface area (Å²) >= 11 is 0. The van der Waals surface area contributed by atoms with E-state index in [1.165, 1.54) is 19.1 Å². The topological polar surface area (TPSA) is 85.3 Å². The average molecular weight is 425 g/mol. The van der Waals surface area contributed by atoms with Crippen LogP contribution < -0.4 is 19.1 Å². The number of amides is 1. The molecule has 0 spiro atoms. The van der Waals surface area contributed by atoms with Crippen molar-refractivity contribution in [3.05, 3.63) is 59.4 Å². The molecule has 2 aromatic rings. The quantitative estimate of drug-likeness (QED) is 0.681. The summed E-state index contributed by atoms with van der Waals surface area (Å²) in [6, 6.07) is 11.4. The van der Waals surface area contributed by atoms with Crippen molar-refractivity contribution in [2.75, 3.05) is 25.7 Å². The summed E-state index contributed by atoms with van der Waals surface area (Å²) in [7, 11) is 3.04. The lowest BCUT2D eigenvalue weighted by Crippen LogP contribution is -2.31. The SMILES string of the molecule is CCOc1cccc(N2C(=O)C(O)=C(C(=O)C(C)C)C2c2ccc(OC)c(OC)c2)c1. The fraction of sp³-hybridized carbons (Fsp3) is 0.333. The number of benzene rings is 2. The number of anilines is 1. The number of carbonyl (C=O) groups is 2. The molecule has 0 aromatic heterocycles. The smallest absolute Gasteiger partial charge is 0.294 e. The molecule has 0 fully saturated rings. The lowest BCUT2D eigenvalue weighted by molar-refractivity contribution is -0.119. The van der Waals surface area contributed by atoms with Gasteiger partial charge in [0.2, 0.25) is 0 Å². The summed E-state index contributed by atoms with van der Waals surface area (Å²) in [6.45, 7) is 5.80. The maximum atomic E-state index is 13.1. The van der Waals surface area contributed by atoms with Crippen LogP contribution in [0.4, 0.5) is 5.69 Å². The Morgan fingerprint density at radius 3 is 2.42 bits per heavy atom. The predicted octanol–water partition coefficient (Wildman–Crippen LogP) is 4.23. The molecule has 0 aliphatic carbocycles. The average Bonchev–Trinajstić information content (AvgIpc) is 3.03. The van der Waals surface area contributed by atoms with Gasteiger partial charge in [-0.05, 0) is 36.8 Å². The molecule has 1 amide bonds. The van der Waals surface area contributed by atoms with Crippen LogP contribution in [0, 0.1) is 5.92 Å². The molecule has 164 valence electrons. The van der Waals surface area contributed by atoms with E-state index < -0.39 is 23.6 Å². The van der Waals surface area contributed by atoms with Crippen LogP contribution in [0.3, 0.4) is 0 Å². The molecular weight excluding hydrogens is 398 g/mol. The largest absolute Gasteiger partial charge is 0.503 e. The molecule has 0 saturated heterocycles. The van der Waals surface area contributed by atoms with Crippen LogP contribution in [-0.4, -0.2) is 37.6 Å². The Morgan fingerprint density at radius 2 is 1.81 bits per heavy atom. The molecule has 1 N–H and O–H groups in total. The summed E-state index contributed by atoms with van der Waals surface area (Å²) in [6.07, 6.45) is 0. The Kier molecular flexibility index (Phi) is 6.53. The Bertz CT molecular complexity index is 1030. The molecule has 1 unspecified atom stereocenters. The molecule has 0 saturated carbocycles. The van der Waals surface area contributed by atoms with Gasteiger partial charge in [0.1, 0.15) is 5.75 Å². The minimum absolute atomic E-state index is 0.0639. The van der Waals surface area contributed by atoms with Crippen molar-refractivity contribution in [3.8, 4) is 17.2 Å². The van der Waals surface area contributed by atoms with Crippen molar-refractivity contribution < 1.29 is 28.9 Å². The van der Waals surface area contributed by atoms with Gasteiger partial charge in [-0.25, -0.2) is 0 Å². The van der Waals surface area contributed by atoms with E-state index in [1.54, 1.807) is 56.3 Å². The standard InChI is InChI=1S/C24H27NO6/c1-6-31-17-9-7-8-16(13-17)25-21(15-10-11-18(29-4)19(12-15)30-5)20(22(26)14(2)3)23(27)24(25)28/h7-14,21,27H,6H2,1-5H3. The molecule has 1 heterocycles. The summed E-state index contributed by atoms with van der Waals surface area (Å²) in [4.78, 5) is 27.6. The number of ketones is 1. The minimum Gasteiger partial charge on any atom is -0.503 e. The van der Waals surface area contributed by atoms with Crippen LogP contribution in [0.5, 0.6) is 17.2 Å². The first-order valence-electron chi connectivity index (χ1n) is 10.1. The normalized spacial score (nSPS) is 16.1. The Hall–Kier alpha value is -3.48. The van der Waals surface area contributed by atoms with E-state index >= 15 is 0 Å². The van der Waals surface area contributed by atoms with Crippen LogP contribution in [0.2, 0.25) is 0 Å². The van der Waals surface area contributed by atoms with Gasteiger partial charge in [-0.2, -0.15) is 0 Å². The number of rotatable bonds is 8. The monoisotopic (exact) mass is 425 g/mol. The molecule has 7 heteroatoms. The van der Waals surface area contributed by atoms with Crippen LogP contribution in [0.25, 0.3) is 0 Å². The molecule has 1 atom stereocenters. The van der Waals surface area contributed by atoms with Gasteiger partial charge >= 0.3 is 0 Å². The molecule has 1 aliphatic heterocycles. The van der Waals surface area contributed by atoms with Gasteiger partial charge in [0.15, 0.2) is 23.0 Å². The number of ether oxygens (including phenoxy) is 3. The van der Waals surface area contributed by atoms with Gasteiger partial charge in [0.05, 0.1) is 32.4 Å². The van der Waals surface area contributed by atoms with Crippen LogP contribution in [0.15, 0.2) is 53.8 Å². The van der Waals surface area contributed by atoms with Crippen LogP contribution in [0.1, 0.15) is 32.4 Å². The Labute approximate surface area is 181 Å². The predicted molar refractivity (Wildman–Crippen MR) is 117 cm³/mol. The molecule has 0 radical (unpaired) electrons. The Morgan fingerprint density at radius 1 is 1.10 bits per heavy atom. The van der Waals surface area contributed by atoms with Gasteiger partial charge in [-0.15, -0.1) is 0 Å². The van der Waals surface area contributed by atoms with Gasteiger partial charge < -0.3 is 19.3 Å². The first kappa shape index (κ1) is 22.2. The van der Waals surface area contributed by atoms with Gasteiger partial charge in [0, 0.05) is 17.7 Å². The zero-order valence-corrected chi connectivity index (χ0v) is 18.3. The first-order valence-corrected chi connectivity index (χ1v) is 10.1. The zero-order chi connectivity index (χ0) is 22.7. The van der Waals surface area contributed by atoms with Crippen molar-refractivity contribution in [2.45, 2.75) is 26.8 Å². The van der Waals surface area contributed by atoms with Crippen molar-refractivity contribution in [1.82, 2.24) is 0 Å². The van der Waals surface area contributed by atoms with Crippen molar-refractivity contribution >= 4 is 17.4 Å². The fourth-order valence-corrected chi connectivity index (χ4v) is 3.66. The number of methoxy groups -OCH3 is 2. The molecular formula is C24H27NO6. The molecule has 1 aliphatic rings. The number of Topliss-reactive ketones (excluding diaryl/α,β-unsaturated/α-hetero) is 1.